The van der Waals surface area contributed by atoms with E-state index in [4.69, 9.17) is 47.9 Å². The van der Waals surface area contributed by atoms with Gasteiger partial charge in [0, 0.05) is 0 Å². The molecule has 1 saturated heterocycles. The van der Waals surface area contributed by atoms with Crippen molar-refractivity contribution >= 4 is 49.1 Å². The van der Waals surface area contributed by atoms with Gasteiger partial charge < -0.3 is 38.9 Å². The third kappa shape index (κ3) is 14.4. The molecular formula is C39H59N6O15P. The van der Waals surface area contributed by atoms with E-state index in [0.29, 0.717) is 12.8 Å². The highest BCUT2D eigenvalue weighted by Crippen LogP contribution is 2.48. The van der Waals surface area contributed by atoms with Gasteiger partial charge in [0.1, 0.15) is 30.1 Å². The van der Waals surface area contributed by atoms with Gasteiger partial charge in [-0.25, -0.2) is 23.9 Å². The number of anilines is 1. The molecule has 21 nitrogen and oxygen atoms in total. The van der Waals surface area contributed by atoms with Gasteiger partial charge in [-0.05, 0) is 38.8 Å². The molecule has 3 N–H and O–H groups in total. The average Bonchev–Trinajstić information content (AvgIpc) is 3.77. The summed E-state index contributed by atoms with van der Waals surface area (Å²) in [5.41, 5.74) is 4.05. The molecule has 0 spiro atoms. The van der Waals surface area contributed by atoms with Crippen LogP contribution in [0, 0.1) is 23.2 Å². The number of aromatic nitrogens is 3. The Labute approximate surface area is 355 Å². The lowest BCUT2D eigenvalue weighted by atomic mass is 9.92. The smallest absolute Gasteiger partial charge is 0.466 e. The van der Waals surface area contributed by atoms with E-state index in [2.05, 4.69) is 21.2 Å². The zero-order chi connectivity index (χ0) is 45.3. The number of esters is 4. The second-order valence-electron chi connectivity index (χ2n) is 15.0. The van der Waals surface area contributed by atoms with Gasteiger partial charge in [-0.3, -0.25) is 28.2 Å². The fourth-order valence-corrected chi connectivity index (χ4v) is 7.09. The van der Waals surface area contributed by atoms with Crippen LogP contribution in [-0.4, -0.2) is 102 Å². The van der Waals surface area contributed by atoms with Gasteiger partial charge in [-0.1, -0.05) is 67.2 Å². The molecule has 6 atom stereocenters. The van der Waals surface area contributed by atoms with Crippen LogP contribution in [0.15, 0.2) is 18.5 Å². The lowest BCUT2D eigenvalue weighted by molar-refractivity contribution is -0.173. The Morgan fingerprint density at radius 2 is 1.56 bits per heavy atom. The summed E-state index contributed by atoms with van der Waals surface area (Å²) in [6.45, 7) is 11.4. The van der Waals surface area contributed by atoms with Crippen LogP contribution >= 0.6 is 7.75 Å². The Balaban J connectivity index is 2.10. The minimum absolute atomic E-state index is 0.00768. The van der Waals surface area contributed by atoms with Crippen LogP contribution in [0.4, 0.5) is 10.6 Å². The van der Waals surface area contributed by atoms with Crippen LogP contribution in [0.3, 0.4) is 0 Å². The number of nitrogens with two attached hydrogens (primary N) is 1. The van der Waals surface area contributed by atoms with E-state index in [-0.39, 0.29) is 30.2 Å². The number of rotatable bonds is 25. The molecule has 0 aromatic carbocycles. The van der Waals surface area contributed by atoms with Crippen molar-refractivity contribution in [2.75, 3.05) is 32.3 Å². The van der Waals surface area contributed by atoms with Gasteiger partial charge in [-0.2, -0.15) is 10.4 Å². The van der Waals surface area contributed by atoms with Crippen LogP contribution in [0.25, 0.3) is 5.52 Å². The molecule has 0 radical (unpaired) electrons. The topological polar surface area (TPSA) is 278 Å². The van der Waals surface area contributed by atoms with Gasteiger partial charge >= 0.3 is 37.8 Å². The fourth-order valence-electron chi connectivity index (χ4n) is 5.75. The van der Waals surface area contributed by atoms with E-state index < -0.39 is 105 Å². The van der Waals surface area contributed by atoms with Crippen LogP contribution in [0.2, 0.25) is 0 Å². The molecule has 0 bridgehead atoms. The number of nitrogens with one attached hydrogen (secondary N) is 1. The molecule has 2 aromatic heterocycles. The van der Waals surface area contributed by atoms with E-state index in [0.717, 1.165) is 32.0 Å². The first-order valence-electron chi connectivity index (χ1n) is 20.3. The maximum absolute atomic E-state index is 14.7. The van der Waals surface area contributed by atoms with Crippen LogP contribution in [-0.2, 0) is 71.5 Å². The quantitative estimate of drug-likeness (QED) is 0.0434. The van der Waals surface area contributed by atoms with Crippen LogP contribution < -0.4 is 10.8 Å². The summed E-state index contributed by atoms with van der Waals surface area (Å²) in [5, 5.41) is 17.6. The van der Waals surface area contributed by atoms with Crippen molar-refractivity contribution in [3.63, 3.8) is 0 Å². The van der Waals surface area contributed by atoms with Crippen molar-refractivity contribution in [1.29, 1.82) is 5.26 Å². The summed E-state index contributed by atoms with van der Waals surface area (Å²) in [7, 11) is -4.95. The molecule has 0 aliphatic carbocycles. The molecule has 0 amide bonds. The normalized spacial score (nSPS) is 20.2. The summed E-state index contributed by atoms with van der Waals surface area (Å²) in [6.07, 6.45) is -1.96. The van der Waals surface area contributed by atoms with E-state index in [1.54, 1.807) is 41.5 Å². The Bertz CT molecular complexity index is 1880. The molecule has 22 heteroatoms. The lowest BCUT2D eigenvalue weighted by Crippen LogP contribution is -2.47. The molecule has 1 fully saturated rings. The second-order valence-corrected chi connectivity index (χ2v) is 16.8. The number of hydrogen-bond acceptors (Lipinski definition) is 19. The van der Waals surface area contributed by atoms with Gasteiger partial charge in [0.25, 0.3) is 0 Å². The van der Waals surface area contributed by atoms with Crippen molar-refractivity contribution < 1.29 is 70.7 Å². The minimum atomic E-state index is -4.95. The number of nitrogen functional groups attached to an aromatic ring is 1. The summed E-state index contributed by atoms with van der Waals surface area (Å²) < 4.78 is 66.0. The summed E-state index contributed by atoms with van der Waals surface area (Å²) in [4.78, 5) is 69.2. The number of unbranched alkanes of at least 4 members (excludes halogenated alkanes) is 4. The monoisotopic (exact) mass is 882 g/mol. The number of carbonyl (C=O) groups excluding carboxylic acids is 5. The summed E-state index contributed by atoms with van der Waals surface area (Å²) in [6, 6.07) is 3.31. The Hall–Kier alpha value is -4.87. The van der Waals surface area contributed by atoms with Gasteiger partial charge in [-0.15, -0.1) is 0 Å². The van der Waals surface area contributed by atoms with Crippen LogP contribution in [0.1, 0.15) is 106 Å². The van der Waals surface area contributed by atoms with Gasteiger partial charge in [0.05, 0.1) is 49.9 Å². The molecule has 0 unspecified atom stereocenters. The number of carbonyl (C=O) groups is 5. The first kappa shape index (κ1) is 50.5. The van der Waals surface area contributed by atoms with Gasteiger partial charge in [0.2, 0.25) is 12.4 Å². The first-order valence-corrected chi connectivity index (χ1v) is 21.9. The number of ether oxygens (including phenoxy) is 7. The molecule has 1 aliphatic rings. The summed E-state index contributed by atoms with van der Waals surface area (Å²) >= 11 is 0. The Morgan fingerprint density at radius 1 is 0.918 bits per heavy atom. The SMILES string of the molecule is CCCCCOC(=O)C[C@H](N[P@@](=O)(OCOC(=O)OC(C)C)OC[C@H]1O[C@@](C#N)(c2ccc3c(N)ncnn23)[C@H](OC(=O)C(C)C)[C@@H]1OC(=O)C(C)C)C(=O)OCCCCC. The highest BCUT2D eigenvalue weighted by atomic mass is 31.2. The van der Waals surface area contributed by atoms with Crippen molar-refractivity contribution in [3.8, 4) is 6.07 Å². The third-order valence-corrected chi connectivity index (χ3v) is 10.5. The van der Waals surface area contributed by atoms with E-state index >= 15 is 0 Å². The summed E-state index contributed by atoms with van der Waals surface area (Å²) in [5.74, 6) is -4.84. The molecule has 1 aliphatic heterocycles. The van der Waals surface area contributed by atoms with Gasteiger partial charge in [0.15, 0.2) is 18.0 Å². The average molecular weight is 883 g/mol. The molecule has 3 heterocycles. The maximum Gasteiger partial charge on any atom is 0.510 e. The third-order valence-electron chi connectivity index (χ3n) is 8.98. The molecular weight excluding hydrogens is 823 g/mol. The molecule has 2 aromatic rings. The second kappa shape index (κ2) is 23.9. The molecule has 3 rings (SSSR count). The largest absolute Gasteiger partial charge is 0.510 e. The first-order chi connectivity index (χ1) is 28.9. The van der Waals surface area contributed by atoms with E-state index in [1.165, 1.54) is 16.6 Å². The highest BCUT2D eigenvalue weighted by Gasteiger charge is 2.63. The Kier molecular flexibility index (Phi) is 19.8. The number of fused-ring (bicyclic) bond motifs is 1. The minimum Gasteiger partial charge on any atom is -0.466 e. The van der Waals surface area contributed by atoms with Crippen molar-refractivity contribution in [2.24, 2.45) is 11.8 Å². The zero-order valence-electron chi connectivity index (χ0n) is 36.0. The number of nitrogens with zero attached hydrogens (tertiary/aromatic N) is 4. The fraction of sp³-hybridized carbons (Fsp3) is 0.692. The number of nitriles is 1. The van der Waals surface area contributed by atoms with Crippen molar-refractivity contribution in [3.05, 3.63) is 24.2 Å². The van der Waals surface area contributed by atoms with Crippen molar-refractivity contribution in [1.82, 2.24) is 19.7 Å². The zero-order valence-corrected chi connectivity index (χ0v) is 36.9. The van der Waals surface area contributed by atoms with Crippen molar-refractivity contribution in [2.45, 2.75) is 136 Å². The Morgan fingerprint density at radius 3 is 2.16 bits per heavy atom. The lowest BCUT2D eigenvalue weighted by Gasteiger charge is -2.29. The predicted molar refractivity (Wildman–Crippen MR) is 214 cm³/mol. The van der Waals surface area contributed by atoms with E-state index in [9.17, 15) is 33.8 Å². The molecule has 0 saturated carbocycles. The maximum atomic E-state index is 14.7. The predicted octanol–water partition coefficient (Wildman–Crippen LogP) is 5.04. The highest BCUT2D eigenvalue weighted by molar-refractivity contribution is 7.51. The van der Waals surface area contributed by atoms with E-state index in [1.807, 2.05) is 13.8 Å². The molecule has 61 heavy (non-hydrogen) atoms. The number of hydrogen-bond donors (Lipinski definition) is 2. The standard InChI is InChI=1S/C39H59N6O15P/c1-9-11-13-17-52-31(46)19-27(37(49)53-18-14-12-10-2)44-61(51,56-23-54-38(50)57-26(7)8)55-20-29-32(58-35(47)24(3)4)33(59-36(48)25(5)6)39(21-40,60-29)30-16-15-28-34(41)42-22-43-45(28)30/h15-16,22,24-27,29,32-33H,9-14,17-20,23H2,1-8H3,(H,44,51)(H2,41,42,43)/t27-,29+,32+,33+,39-,61-/m0/s1. The molecule has 340 valence electrons. The van der Waals surface area contributed by atoms with Crippen LogP contribution in [0.5, 0.6) is 0 Å².